The van der Waals surface area contributed by atoms with Crippen LogP contribution in [0.2, 0.25) is 0 Å². The lowest BCUT2D eigenvalue weighted by Crippen LogP contribution is -1.86. The second-order valence-electron chi connectivity index (χ2n) is 3.90. The topological polar surface area (TPSA) is 23.8 Å². The van der Waals surface area contributed by atoms with Gasteiger partial charge in [0, 0.05) is 5.57 Å². The van der Waals surface area contributed by atoms with Crippen molar-refractivity contribution >= 4 is 10.8 Å². The van der Waals surface area contributed by atoms with E-state index in [9.17, 15) is 0 Å². The normalized spacial score (nSPS) is 9.94. The van der Waals surface area contributed by atoms with Crippen LogP contribution in [-0.2, 0) is 6.42 Å². The number of fused-ring (bicyclic) bond motifs is 1. The van der Waals surface area contributed by atoms with Crippen LogP contribution < -0.4 is 0 Å². The van der Waals surface area contributed by atoms with Crippen molar-refractivity contribution in [2.45, 2.75) is 12.8 Å². The number of aryl methyl sites for hydroxylation is 1. The van der Waals surface area contributed by atoms with E-state index in [-0.39, 0.29) is 0 Å². The molecule has 0 saturated carbocycles. The third-order valence-corrected chi connectivity index (χ3v) is 2.69. The summed E-state index contributed by atoms with van der Waals surface area (Å²) in [5, 5.41) is 11.1. The Morgan fingerprint density at radius 2 is 1.88 bits per heavy atom. The molecule has 0 saturated heterocycles. The summed E-state index contributed by atoms with van der Waals surface area (Å²) in [6.07, 6.45) is 1.63. The fourth-order valence-electron chi connectivity index (χ4n) is 1.75. The fourth-order valence-corrected chi connectivity index (χ4v) is 1.75. The lowest BCUT2D eigenvalue weighted by molar-refractivity contribution is 0.974. The van der Waals surface area contributed by atoms with Crippen molar-refractivity contribution in [3.63, 3.8) is 0 Å². The Morgan fingerprint density at radius 3 is 2.62 bits per heavy atom. The highest BCUT2D eigenvalue weighted by atomic mass is 14.2. The van der Waals surface area contributed by atoms with Gasteiger partial charge in [-0.3, -0.25) is 0 Å². The van der Waals surface area contributed by atoms with Gasteiger partial charge in [0.1, 0.15) is 0 Å². The van der Waals surface area contributed by atoms with E-state index in [1.54, 1.807) is 0 Å². The van der Waals surface area contributed by atoms with Crippen molar-refractivity contribution in [2.24, 2.45) is 0 Å². The molecule has 0 spiro atoms. The van der Waals surface area contributed by atoms with Crippen molar-refractivity contribution in [3.05, 3.63) is 60.2 Å². The fraction of sp³-hybridized carbons (Fsp3) is 0.133. The Labute approximate surface area is 95.6 Å². The lowest BCUT2D eigenvalue weighted by Gasteiger charge is -2.02. The molecule has 0 aromatic heterocycles. The molecule has 0 aliphatic carbocycles. The number of hydrogen-bond donors (Lipinski definition) is 0. The first-order chi connectivity index (χ1) is 7.79. The number of benzene rings is 2. The third kappa shape index (κ3) is 2.29. The van der Waals surface area contributed by atoms with E-state index in [0.29, 0.717) is 5.57 Å². The van der Waals surface area contributed by atoms with Gasteiger partial charge in [0.15, 0.2) is 0 Å². The van der Waals surface area contributed by atoms with Crippen molar-refractivity contribution in [3.8, 4) is 6.07 Å². The van der Waals surface area contributed by atoms with Crippen LogP contribution in [0, 0.1) is 11.3 Å². The first-order valence-corrected chi connectivity index (χ1v) is 5.35. The predicted molar refractivity (Wildman–Crippen MR) is 67.0 cm³/mol. The Bertz CT molecular complexity index is 561. The number of nitrogens with zero attached hydrogens (tertiary/aromatic N) is 1. The molecule has 0 bridgehead atoms. The summed E-state index contributed by atoms with van der Waals surface area (Å²) in [4.78, 5) is 0. The quantitative estimate of drug-likeness (QED) is 0.701. The average Bonchev–Trinajstić information content (AvgIpc) is 2.35. The van der Waals surface area contributed by atoms with Gasteiger partial charge in [0.2, 0.25) is 0 Å². The summed E-state index contributed by atoms with van der Waals surface area (Å²) >= 11 is 0. The zero-order valence-corrected chi connectivity index (χ0v) is 9.11. The van der Waals surface area contributed by atoms with E-state index in [0.717, 1.165) is 12.8 Å². The second kappa shape index (κ2) is 4.63. The number of allylic oxidation sites excluding steroid dienone is 1. The average molecular weight is 207 g/mol. The van der Waals surface area contributed by atoms with Gasteiger partial charge in [-0.15, -0.1) is 0 Å². The maximum Gasteiger partial charge on any atom is 0.0940 e. The molecule has 1 nitrogen and oxygen atoms in total. The zero-order valence-electron chi connectivity index (χ0n) is 9.11. The molecule has 2 aromatic rings. The molecule has 0 N–H and O–H groups in total. The molecule has 1 heteroatoms. The smallest absolute Gasteiger partial charge is 0.0940 e. The highest BCUT2D eigenvalue weighted by Gasteiger charge is 1.97. The first kappa shape index (κ1) is 10.4. The Hall–Kier alpha value is -2.07. The zero-order chi connectivity index (χ0) is 11.4. The minimum absolute atomic E-state index is 0.646. The van der Waals surface area contributed by atoms with Crippen molar-refractivity contribution in [1.29, 1.82) is 5.26 Å². The number of hydrogen-bond acceptors (Lipinski definition) is 1. The van der Waals surface area contributed by atoms with Crippen LogP contribution in [-0.4, -0.2) is 0 Å². The lowest BCUT2D eigenvalue weighted by atomic mass is 10.0. The van der Waals surface area contributed by atoms with Gasteiger partial charge in [-0.2, -0.15) is 5.26 Å². The van der Waals surface area contributed by atoms with E-state index in [1.165, 1.54) is 16.3 Å². The molecular weight excluding hydrogens is 194 g/mol. The molecule has 0 aliphatic rings. The third-order valence-electron chi connectivity index (χ3n) is 2.69. The van der Waals surface area contributed by atoms with Gasteiger partial charge in [-0.25, -0.2) is 0 Å². The molecule has 78 valence electrons. The first-order valence-electron chi connectivity index (χ1n) is 5.35. The number of rotatable bonds is 3. The van der Waals surface area contributed by atoms with Crippen LogP contribution in [0.4, 0.5) is 0 Å². The van der Waals surface area contributed by atoms with Crippen LogP contribution in [0.1, 0.15) is 12.0 Å². The van der Waals surface area contributed by atoms with Crippen LogP contribution in [0.5, 0.6) is 0 Å². The van der Waals surface area contributed by atoms with Crippen LogP contribution in [0.25, 0.3) is 10.8 Å². The molecule has 2 aromatic carbocycles. The van der Waals surface area contributed by atoms with Gasteiger partial charge in [-0.1, -0.05) is 49.0 Å². The molecule has 16 heavy (non-hydrogen) atoms. The summed E-state index contributed by atoms with van der Waals surface area (Å²) in [6.45, 7) is 3.69. The van der Waals surface area contributed by atoms with E-state index in [2.05, 4.69) is 43.0 Å². The largest absolute Gasteiger partial charge is 0.193 e. The van der Waals surface area contributed by atoms with Crippen LogP contribution >= 0.6 is 0 Å². The molecular formula is C15H13N. The minimum Gasteiger partial charge on any atom is -0.193 e. The standard InChI is InChI=1S/C15H13N/c1-12(11-16)6-7-13-8-9-14-4-2-3-5-15(14)10-13/h2-5,8-10H,1,6-7H2. The summed E-state index contributed by atoms with van der Waals surface area (Å²) in [6, 6.07) is 16.8. The predicted octanol–water partition coefficient (Wildman–Crippen LogP) is 3.85. The van der Waals surface area contributed by atoms with Crippen LogP contribution in [0.3, 0.4) is 0 Å². The van der Waals surface area contributed by atoms with E-state index >= 15 is 0 Å². The molecule has 0 heterocycles. The molecule has 0 aliphatic heterocycles. The van der Waals surface area contributed by atoms with Gasteiger partial charge in [0.05, 0.1) is 6.07 Å². The van der Waals surface area contributed by atoms with E-state index < -0.39 is 0 Å². The van der Waals surface area contributed by atoms with Crippen molar-refractivity contribution in [2.75, 3.05) is 0 Å². The Morgan fingerprint density at radius 1 is 1.12 bits per heavy atom. The summed E-state index contributed by atoms with van der Waals surface area (Å²) in [7, 11) is 0. The molecule has 0 atom stereocenters. The molecule has 0 amide bonds. The number of nitriles is 1. The Balaban J connectivity index is 2.20. The molecule has 0 radical (unpaired) electrons. The van der Waals surface area contributed by atoms with Gasteiger partial charge in [0.25, 0.3) is 0 Å². The van der Waals surface area contributed by atoms with Crippen molar-refractivity contribution < 1.29 is 0 Å². The van der Waals surface area contributed by atoms with E-state index in [4.69, 9.17) is 5.26 Å². The summed E-state index contributed by atoms with van der Waals surface area (Å²) in [5.41, 5.74) is 1.91. The summed E-state index contributed by atoms with van der Waals surface area (Å²) in [5.74, 6) is 0. The summed E-state index contributed by atoms with van der Waals surface area (Å²) < 4.78 is 0. The minimum atomic E-state index is 0.646. The highest BCUT2D eigenvalue weighted by molar-refractivity contribution is 5.82. The highest BCUT2D eigenvalue weighted by Crippen LogP contribution is 2.17. The molecule has 0 unspecified atom stereocenters. The molecule has 2 rings (SSSR count). The maximum absolute atomic E-state index is 8.64. The van der Waals surface area contributed by atoms with Crippen LogP contribution in [0.15, 0.2) is 54.6 Å². The SMILES string of the molecule is C=C(C#N)CCc1ccc2ccccc2c1. The van der Waals surface area contributed by atoms with Crippen molar-refractivity contribution in [1.82, 2.24) is 0 Å². The Kier molecular flexibility index (Phi) is 3.03. The molecule has 0 fully saturated rings. The van der Waals surface area contributed by atoms with Gasteiger partial charge in [-0.05, 0) is 29.2 Å². The monoisotopic (exact) mass is 207 g/mol. The maximum atomic E-state index is 8.64. The van der Waals surface area contributed by atoms with Gasteiger partial charge < -0.3 is 0 Å². The second-order valence-corrected chi connectivity index (χ2v) is 3.90. The van der Waals surface area contributed by atoms with E-state index in [1.807, 2.05) is 12.1 Å². The van der Waals surface area contributed by atoms with Gasteiger partial charge >= 0.3 is 0 Å².